The van der Waals surface area contributed by atoms with Crippen molar-refractivity contribution in [2.24, 2.45) is 5.92 Å². The second-order valence-electron chi connectivity index (χ2n) is 10.4. The van der Waals surface area contributed by atoms with Gasteiger partial charge in [0.15, 0.2) is 0 Å². The summed E-state index contributed by atoms with van der Waals surface area (Å²) in [7, 11) is 0. The van der Waals surface area contributed by atoms with Gasteiger partial charge in [-0.05, 0) is 103 Å². The summed E-state index contributed by atoms with van der Waals surface area (Å²) in [5, 5.41) is 0.797. The van der Waals surface area contributed by atoms with E-state index in [9.17, 15) is 4.79 Å². The fourth-order valence-electron chi connectivity index (χ4n) is 5.32. The SMILES string of the molecule is CCCc1cc(Cl)ccc1C1COc2ccc(SNC(=O)CCc3ccncc3)cc2N(CC2CCC2)C1. The van der Waals surface area contributed by atoms with E-state index in [0.717, 1.165) is 58.8 Å². The summed E-state index contributed by atoms with van der Waals surface area (Å²) < 4.78 is 9.46. The van der Waals surface area contributed by atoms with Crippen LogP contribution in [-0.4, -0.2) is 30.6 Å². The Morgan fingerprint density at radius 3 is 2.74 bits per heavy atom. The third-order valence-electron chi connectivity index (χ3n) is 7.59. The lowest BCUT2D eigenvalue weighted by Gasteiger charge is -2.35. The maximum Gasteiger partial charge on any atom is 0.230 e. The number of pyridine rings is 1. The quantitative estimate of drug-likeness (QED) is 0.270. The van der Waals surface area contributed by atoms with Crippen molar-refractivity contribution in [3.05, 3.63) is 82.6 Å². The van der Waals surface area contributed by atoms with Gasteiger partial charge in [0.1, 0.15) is 5.75 Å². The molecule has 0 radical (unpaired) electrons. The Morgan fingerprint density at radius 2 is 1.97 bits per heavy atom. The number of hydrogen-bond donors (Lipinski definition) is 1. The molecule has 0 spiro atoms. The minimum Gasteiger partial charge on any atom is -0.491 e. The van der Waals surface area contributed by atoms with Crippen molar-refractivity contribution in [1.82, 2.24) is 9.71 Å². The van der Waals surface area contributed by atoms with E-state index in [1.54, 1.807) is 12.4 Å². The smallest absolute Gasteiger partial charge is 0.230 e. The van der Waals surface area contributed by atoms with Crippen LogP contribution in [0.3, 0.4) is 0 Å². The van der Waals surface area contributed by atoms with E-state index in [1.807, 2.05) is 24.3 Å². The number of benzene rings is 2. The number of aromatic nitrogens is 1. The molecule has 1 amide bonds. The summed E-state index contributed by atoms with van der Waals surface area (Å²) in [6.07, 6.45) is 10.7. The zero-order chi connectivity index (χ0) is 26.3. The van der Waals surface area contributed by atoms with Crippen molar-refractivity contribution in [3.8, 4) is 5.75 Å². The maximum absolute atomic E-state index is 12.5. The molecule has 1 unspecified atom stereocenters. The lowest BCUT2D eigenvalue weighted by Crippen LogP contribution is -2.35. The number of aryl methyl sites for hydroxylation is 2. The van der Waals surface area contributed by atoms with E-state index in [0.29, 0.717) is 19.4 Å². The van der Waals surface area contributed by atoms with Crippen LogP contribution in [-0.2, 0) is 17.6 Å². The topological polar surface area (TPSA) is 54.5 Å². The minimum atomic E-state index is 0.0237. The summed E-state index contributed by atoms with van der Waals surface area (Å²) >= 11 is 7.75. The zero-order valence-corrected chi connectivity index (χ0v) is 23.6. The lowest BCUT2D eigenvalue weighted by molar-refractivity contribution is -0.119. The van der Waals surface area contributed by atoms with Crippen molar-refractivity contribution >= 4 is 35.1 Å². The molecule has 1 N–H and O–H groups in total. The highest BCUT2D eigenvalue weighted by atomic mass is 35.5. The largest absolute Gasteiger partial charge is 0.491 e. The van der Waals surface area contributed by atoms with Gasteiger partial charge < -0.3 is 9.64 Å². The van der Waals surface area contributed by atoms with Crippen LogP contribution in [0.25, 0.3) is 0 Å². The van der Waals surface area contributed by atoms with Crippen molar-refractivity contribution in [2.45, 2.75) is 62.7 Å². The van der Waals surface area contributed by atoms with E-state index in [4.69, 9.17) is 16.3 Å². The molecule has 2 aromatic carbocycles. The number of amides is 1. The number of nitrogens with one attached hydrogen (secondary N) is 1. The molecule has 1 aromatic heterocycles. The van der Waals surface area contributed by atoms with Crippen LogP contribution >= 0.6 is 23.5 Å². The number of carbonyl (C=O) groups excluding carboxylic acids is 1. The number of ether oxygens (including phenoxy) is 1. The second-order valence-corrected chi connectivity index (χ2v) is 11.7. The molecule has 2 heterocycles. The Hall–Kier alpha value is -2.70. The Labute approximate surface area is 235 Å². The van der Waals surface area contributed by atoms with E-state index < -0.39 is 0 Å². The summed E-state index contributed by atoms with van der Waals surface area (Å²) in [6, 6.07) is 16.5. The van der Waals surface area contributed by atoms with Crippen LogP contribution < -0.4 is 14.4 Å². The molecule has 0 saturated heterocycles. The van der Waals surface area contributed by atoms with Crippen LogP contribution in [0.2, 0.25) is 5.02 Å². The molecule has 7 heteroatoms. The molecule has 5 nitrogen and oxygen atoms in total. The molecule has 38 heavy (non-hydrogen) atoms. The van der Waals surface area contributed by atoms with Crippen molar-refractivity contribution in [2.75, 3.05) is 24.6 Å². The van der Waals surface area contributed by atoms with Gasteiger partial charge in [-0.25, -0.2) is 0 Å². The molecule has 5 rings (SSSR count). The molecule has 1 saturated carbocycles. The first-order valence-electron chi connectivity index (χ1n) is 13.7. The predicted molar refractivity (Wildman–Crippen MR) is 156 cm³/mol. The van der Waals surface area contributed by atoms with Gasteiger partial charge in [0.25, 0.3) is 0 Å². The maximum atomic E-state index is 12.5. The zero-order valence-electron chi connectivity index (χ0n) is 22.0. The second kappa shape index (κ2) is 12.9. The number of nitrogens with zero attached hydrogens (tertiary/aromatic N) is 2. The average Bonchev–Trinajstić information content (AvgIpc) is 3.08. The molecule has 1 aliphatic heterocycles. The average molecular weight is 550 g/mol. The first-order chi connectivity index (χ1) is 18.6. The molecule has 200 valence electrons. The summed E-state index contributed by atoms with van der Waals surface area (Å²) in [6.45, 7) is 4.80. The highest BCUT2D eigenvalue weighted by Crippen LogP contribution is 2.40. The normalized spacial score (nSPS) is 17.2. The van der Waals surface area contributed by atoms with Crippen molar-refractivity contribution in [3.63, 3.8) is 0 Å². The monoisotopic (exact) mass is 549 g/mol. The van der Waals surface area contributed by atoms with Crippen LogP contribution in [0.4, 0.5) is 5.69 Å². The first kappa shape index (κ1) is 26.9. The Morgan fingerprint density at radius 1 is 1.13 bits per heavy atom. The predicted octanol–water partition coefficient (Wildman–Crippen LogP) is 7.23. The van der Waals surface area contributed by atoms with Gasteiger partial charge in [-0.2, -0.15) is 0 Å². The highest BCUT2D eigenvalue weighted by Gasteiger charge is 2.29. The molecule has 2 aliphatic rings. The molecule has 1 fully saturated rings. The highest BCUT2D eigenvalue weighted by molar-refractivity contribution is 7.98. The van der Waals surface area contributed by atoms with E-state index in [-0.39, 0.29) is 11.8 Å². The summed E-state index contributed by atoms with van der Waals surface area (Å²) in [4.78, 5) is 20.1. The number of halogens is 1. The van der Waals surface area contributed by atoms with Crippen molar-refractivity contribution < 1.29 is 9.53 Å². The lowest BCUT2D eigenvalue weighted by atomic mass is 9.84. The Bertz CT molecular complexity index is 1240. The minimum absolute atomic E-state index is 0.0237. The van der Waals surface area contributed by atoms with Gasteiger partial charge in [-0.15, -0.1) is 0 Å². The van der Waals surface area contributed by atoms with Crippen LogP contribution in [0.5, 0.6) is 5.75 Å². The van der Waals surface area contributed by atoms with Gasteiger partial charge in [-0.3, -0.25) is 14.5 Å². The van der Waals surface area contributed by atoms with E-state index >= 15 is 0 Å². The van der Waals surface area contributed by atoms with Gasteiger partial charge in [0.2, 0.25) is 5.91 Å². The van der Waals surface area contributed by atoms with Crippen LogP contribution in [0.1, 0.15) is 61.6 Å². The van der Waals surface area contributed by atoms with E-state index in [1.165, 1.54) is 42.3 Å². The number of anilines is 1. The molecular formula is C31H36ClN3O2S. The van der Waals surface area contributed by atoms with Crippen LogP contribution in [0, 0.1) is 5.92 Å². The van der Waals surface area contributed by atoms with Crippen LogP contribution in [0.15, 0.2) is 65.8 Å². The number of carbonyl (C=O) groups is 1. The van der Waals surface area contributed by atoms with Crippen molar-refractivity contribution in [1.29, 1.82) is 0 Å². The van der Waals surface area contributed by atoms with Gasteiger partial charge in [-0.1, -0.05) is 37.4 Å². The Kier molecular flexibility index (Phi) is 9.13. The van der Waals surface area contributed by atoms with E-state index in [2.05, 4.69) is 45.8 Å². The molecule has 0 bridgehead atoms. The molecule has 1 atom stereocenters. The molecule has 3 aromatic rings. The number of fused-ring (bicyclic) bond motifs is 1. The van der Waals surface area contributed by atoms with Gasteiger partial charge >= 0.3 is 0 Å². The Balaban J connectivity index is 1.30. The standard InChI is InChI=1S/C31H36ClN3O2S/c1-2-4-24-17-26(32)8-10-28(24)25-20-35(19-23-5-3-6-23)29-18-27(9-11-30(29)37-21-25)38-34-31(36)12-7-22-13-15-33-16-14-22/h8-11,13-18,23,25H,2-7,12,19-21H2,1H3,(H,34,36). The molecule has 1 aliphatic carbocycles. The third kappa shape index (κ3) is 6.83. The van der Waals surface area contributed by atoms with Gasteiger partial charge in [0.05, 0.1) is 12.3 Å². The first-order valence-corrected chi connectivity index (χ1v) is 14.9. The number of rotatable bonds is 10. The molecular weight excluding hydrogens is 514 g/mol. The fraction of sp³-hybridized carbons (Fsp3) is 0.419. The van der Waals surface area contributed by atoms with Gasteiger partial charge in [0, 0.05) is 47.7 Å². The number of hydrogen-bond acceptors (Lipinski definition) is 5. The summed E-state index contributed by atoms with van der Waals surface area (Å²) in [5.74, 6) is 1.94. The third-order valence-corrected chi connectivity index (χ3v) is 8.65. The summed E-state index contributed by atoms with van der Waals surface area (Å²) in [5.41, 5.74) is 4.92. The fourth-order valence-corrected chi connectivity index (χ4v) is 6.15.